The summed E-state index contributed by atoms with van der Waals surface area (Å²) in [5.74, 6) is -3.09. The molecule has 0 spiro atoms. The number of pyridine rings is 1. The fourth-order valence-corrected chi connectivity index (χ4v) is 3.35. The second-order valence-corrected chi connectivity index (χ2v) is 6.75. The molecule has 3 aromatic rings. The lowest BCUT2D eigenvalue weighted by Gasteiger charge is -2.18. The summed E-state index contributed by atoms with van der Waals surface area (Å²) in [6.07, 6.45) is 2.06. The molecular formula is C18H18F2N6O2. The van der Waals surface area contributed by atoms with Crippen molar-refractivity contribution in [2.24, 2.45) is 0 Å². The highest BCUT2D eigenvalue weighted by Gasteiger charge is 2.31. The third-order valence-corrected chi connectivity index (χ3v) is 4.78. The molecule has 0 fully saturated rings. The van der Waals surface area contributed by atoms with Gasteiger partial charge in [-0.3, -0.25) is 9.59 Å². The van der Waals surface area contributed by atoms with E-state index in [1.165, 1.54) is 12.4 Å². The molecule has 0 aliphatic carbocycles. The molecule has 0 saturated heterocycles. The Hall–Kier alpha value is -3.30. The summed E-state index contributed by atoms with van der Waals surface area (Å²) in [6.45, 7) is 1.26. The smallest absolute Gasteiger partial charge is 0.274 e. The van der Waals surface area contributed by atoms with E-state index < -0.39 is 30.2 Å². The monoisotopic (exact) mass is 388 g/mol. The zero-order chi connectivity index (χ0) is 19.9. The molecule has 1 aliphatic heterocycles. The Morgan fingerprint density at radius 3 is 2.89 bits per heavy atom. The second kappa shape index (κ2) is 6.70. The van der Waals surface area contributed by atoms with E-state index in [0.717, 1.165) is 4.57 Å². The van der Waals surface area contributed by atoms with Gasteiger partial charge < -0.3 is 20.2 Å². The number of rotatable bonds is 2. The number of aryl methyl sites for hydroxylation is 1. The number of H-pyrrole nitrogens is 1. The van der Waals surface area contributed by atoms with Crippen molar-refractivity contribution in [3.8, 4) is 0 Å². The average Bonchev–Trinajstić information content (AvgIpc) is 3.13. The van der Waals surface area contributed by atoms with Gasteiger partial charge in [-0.15, -0.1) is 0 Å². The lowest BCUT2D eigenvalue weighted by molar-refractivity contribution is -0.0182. The zero-order valence-electron chi connectivity index (χ0n) is 15.1. The molecule has 0 atom stereocenters. The molecular weight excluding hydrogens is 370 g/mol. The minimum atomic E-state index is -2.96. The first kappa shape index (κ1) is 18.1. The van der Waals surface area contributed by atoms with Crippen LogP contribution in [0.1, 0.15) is 28.9 Å². The zero-order valence-corrected chi connectivity index (χ0v) is 15.1. The summed E-state index contributed by atoms with van der Waals surface area (Å²) in [7, 11) is 0. The van der Waals surface area contributed by atoms with Crippen LogP contribution < -0.4 is 16.2 Å². The fourth-order valence-electron chi connectivity index (χ4n) is 3.35. The first-order valence-electron chi connectivity index (χ1n) is 8.81. The van der Waals surface area contributed by atoms with Crippen LogP contribution in [0.3, 0.4) is 0 Å². The highest BCUT2D eigenvalue weighted by molar-refractivity contribution is 5.94. The second-order valence-electron chi connectivity index (χ2n) is 6.75. The molecule has 3 N–H and O–H groups in total. The molecule has 3 aromatic heterocycles. The van der Waals surface area contributed by atoms with E-state index >= 15 is 0 Å². The van der Waals surface area contributed by atoms with Crippen molar-refractivity contribution < 1.29 is 13.6 Å². The van der Waals surface area contributed by atoms with Crippen molar-refractivity contribution in [1.82, 2.24) is 24.8 Å². The molecule has 10 heteroatoms. The van der Waals surface area contributed by atoms with Gasteiger partial charge >= 0.3 is 0 Å². The van der Waals surface area contributed by atoms with E-state index in [4.69, 9.17) is 0 Å². The molecule has 0 saturated carbocycles. The Morgan fingerprint density at radius 1 is 1.25 bits per heavy atom. The van der Waals surface area contributed by atoms with Crippen LogP contribution >= 0.6 is 0 Å². The van der Waals surface area contributed by atoms with Crippen LogP contribution in [0.2, 0.25) is 0 Å². The van der Waals surface area contributed by atoms with E-state index in [0.29, 0.717) is 22.4 Å². The number of anilines is 2. The summed E-state index contributed by atoms with van der Waals surface area (Å²) >= 11 is 0. The number of nitrogens with zero attached hydrogens (tertiary/aromatic N) is 3. The molecule has 4 heterocycles. The standard InChI is InChI=1S/C18H18F2N6O2/c1-10-8-12(25-15-11-2-5-21-14(11)23-9-24-15)17(28)26-7-4-18(19,20)3-6-22-16(27)13(10)26/h2,5,8-9H,3-4,6-7H2,1H3,(H,22,27)(H2,21,23,24,25). The van der Waals surface area contributed by atoms with Gasteiger partial charge in [0.05, 0.1) is 5.39 Å². The molecule has 146 valence electrons. The van der Waals surface area contributed by atoms with Crippen molar-refractivity contribution in [3.63, 3.8) is 0 Å². The summed E-state index contributed by atoms with van der Waals surface area (Å²) in [6, 6.07) is 3.29. The number of amides is 1. The number of aromatic nitrogens is 4. The lowest BCUT2D eigenvalue weighted by Crippen LogP contribution is -2.33. The van der Waals surface area contributed by atoms with E-state index in [1.807, 2.05) is 0 Å². The van der Waals surface area contributed by atoms with Crippen molar-refractivity contribution in [2.45, 2.75) is 32.2 Å². The van der Waals surface area contributed by atoms with Crippen molar-refractivity contribution in [3.05, 3.63) is 46.3 Å². The van der Waals surface area contributed by atoms with Gasteiger partial charge in [0, 0.05) is 32.1 Å². The summed E-state index contributed by atoms with van der Waals surface area (Å²) in [5.41, 5.74) is 0.788. The maximum Gasteiger partial charge on any atom is 0.274 e. The number of halogens is 2. The Labute approximate surface area is 158 Å². The largest absolute Gasteiger partial charge is 0.351 e. The van der Waals surface area contributed by atoms with Crippen molar-refractivity contribution in [2.75, 3.05) is 11.9 Å². The fraction of sp³-hybridized carbons (Fsp3) is 0.333. The highest BCUT2D eigenvalue weighted by atomic mass is 19.3. The van der Waals surface area contributed by atoms with Crippen LogP contribution in [0.5, 0.6) is 0 Å². The molecule has 0 radical (unpaired) electrons. The average molecular weight is 388 g/mol. The van der Waals surface area contributed by atoms with Crippen LogP contribution in [0.4, 0.5) is 20.3 Å². The number of hydrogen-bond acceptors (Lipinski definition) is 5. The van der Waals surface area contributed by atoms with Crippen LogP contribution in [-0.4, -0.2) is 37.9 Å². The number of aromatic amines is 1. The highest BCUT2D eigenvalue weighted by Crippen LogP contribution is 2.26. The van der Waals surface area contributed by atoms with Crippen LogP contribution in [0, 0.1) is 6.92 Å². The normalized spacial score (nSPS) is 16.6. The van der Waals surface area contributed by atoms with Gasteiger partial charge in [-0.25, -0.2) is 18.7 Å². The number of carbonyl (C=O) groups excluding carboxylic acids is 1. The molecule has 1 aliphatic rings. The molecule has 28 heavy (non-hydrogen) atoms. The van der Waals surface area contributed by atoms with E-state index in [2.05, 4.69) is 25.6 Å². The third-order valence-electron chi connectivity index (χ3n) is 4.78. The molecule has 0 bridgehead atoms. The Kier molecular flexibility index (Phi) is 4.33. The first-order chi connectivity index (χ1) is 13.4. The summed E-state index contributed by atoms with van der Waals surface area (Å²) in [5, 5.41) is 6.10. The third kappa shape index (κ3) is 3.21. The number of fused-ring (bicyclic) bond motifs is 2. The van der Waals surface area contributed by atoms with Gasteiger partial charge in [0.15, 0.2) is 0 Å². The Bertz CT molecular complexity index is 1120. The minimum Gasteiger partial charge on any atom is -0.351 e. The number of hydrogen-bond donors (Lipinski definition) is 3. The van der Waals surface area contributed by atoms with Gasteiger partial charge in [-0.05, 0) is 24.6 Å². The Balaban J connectivity index is 1.80. The maximum atomic E-state index is 14.0. The summed E-state index contributed by atoms with van der Waals surface area (Å²) in [4.78, 5) is 36.6. The number of alkyl halides is 2. The number of carbonyl (C=O) groups is 1. The quantitative estimate of drug-likeness (QED) is 0.625. The van der Waals surface area contributed by atoms with Gasteiger partial charge in [0.1, 0.15) is 29.2 Å². The van der Waals surface area contributed by atoms with E-state index in [9.17, 15) is 18.4 Å². The van der Waals surface area contributed by atoms with Crippen LogP contribution in [0.15, 0.2) is 29.5 Å². The van der Waals surface area contributed by atoms with E-state index in [-0.39, 0.29) is 24.5 Å². The lowest BCUT2D eigenvalue weighted by atomic mass is 10.1. The van der Waals surface area contributed by atoms with Crippen LogP contribution in [0.25, 0.3) is 11.0 Å². The number of nitrogens with one attached hydrogen (secondary N) is 3. The maximum absolute atomic E-state index is 14.0. The molecule has 1 amide bonds. The summed E-state index contributed by atoms with van der Waals surface area (Å²) < 4.78 is 29.0. The van der Waals surface area contributed by atoms with E-state index in [1.54, 1.807) is 19.2 Å². The van der Waals surface area contributed by atoms with Gasteiger partial charge in [-0.1, -0.05) is 0 Å². The molecule has 0 unspecified atom stereocenters. The van der Waals surface area contributed by atoms with Crippen molar-refractivity contribution >= 4 is 28.4 Å². The van der Waals surface area contributed by atoms with Gasteiger partial charge in [0.25, 0.3) is 17.4 Å². The minimum absolute atomic E-state index is 0.0997. The van der Waals surface area contributed by atoms with Gasteiger partial charge in [-0.2, -0.15) is 0 Å². The SMILES string of the molecule is Cc1cc(Nc2ncnc3[nH]ccc23)c(=O)n2c1C(=O)NCCC(F)(F)CC2. The molecule has 4 rings (SSSR count). The Morgan fingerprint density at radius 2 is 2.07 bits per heavy atom. The van der Waals surface area contributed by atoms with Crippen LogP contribution in [-0.2, 0) is 6.54 Å². The predicted molar refractivity (Wildman–Crippen MR) is 99.1 cm³/mol. The predicted octanol–water partition coefficient (Wildman–Crippen LogP) is 2.33. The first-order valence-corrected chi connectivity index (χ1v) is 8.81. The van der Waals surface area contributed by atoms with Gasteiger partial charge in [0.2, 0.25) is 0 Å². The molecule has 8 nitrogen and oxygen atoms in total. The van der Waals surface area contributed by atoms with Crippen molar-refractivity contribution in [1.29, 1.82) is 0 Å². The topological polar surface area (TPSA) is 105 Å². The molecule has 0 aromatic carbocycles.